The van der Waals surface area contributed by atoms with Crippen molar-refractivity contribution >= 4 is 11.6 Å². The van der Waals surface area contributed by atoms with Gasteiger partial charge >= 0.3 is 0 Å². The quantitative estimate of drug-likeness (QED) is 0.684. The van der Waals surface area contributed by atoms with Crippen molar-refractivity contribution in [1.82, 2.24) is 5.32 Å². The molecule has 4 bridgehead atoms. The molecule has 23 heavy (non-hydrogen) atoms. The third-order valence-electron chi connectivity index (χ3n) is 6.09. The molecule has 1 amide bonds. The Bertz CT molecular complexity index is 648. The first-order valence-electron chi connectivity index (χ1n) is 8.52. The number of rotatable bonds is 3. The molecule has 4 saturated carbocycles. The summed E-state index contributed by atoms with van der Waals surface area (Å²) in [5.41, 5.74) is 1.14. The predicted molar refractivity (Wildman–Crippen MR) is 86.2 cm³/mol. The van der Waals surface area contributed by atoms with E-state index in [9.17, 15) is 14.9 Å². The molecule has 0 spiro atoms. The molecule has 4 fully saturated rings. The van der Waals surface area contributed by atoms with Gasteiger partial charge in [-0.05, 0) is 68.8 Å². The molecule has 4 aliphatic rings. The molecule has 4 aliphatic carbocycles. The van der Waals surface area contributed by atoms with E-state index in [1.165, 1.54) is 31.4 Å². The fourth-order valence-electron chi connectivity index (χ4n) is 5.54. The number of nitro benzene ring substituents is 1. The molecule has 5 rings (SSSR count). The molecule has 0 saturated heterocycles. The van der Waals surface area contributed by atoms with Crippen LogP contribution in [0.2, 0.25) is 0 Å². The Labute approximate surface area is 135 Å². The molecule has 0 aromatic heterocycles. The third-order valence-corrected chi connectivity index (χ3v) is 6.09. The first-order valence-corrected chi connectivity index (χ1v) is 8.52. The molecular formula is C18H22N2O3. The van der Waals surface area contributed by atoms with Crippen molar-refractivity contribution < 1.29 is 9.72 Å². The van der Waals surface area contributed by atoms with Crippen molar-refractivity contribution in [3.8, 4) is 0 Å². The minimum Gasteiger partial charge on any atom is -0.347 e. The lowest BCUT2D eigenvalue weighted by atomic mass is 9.53. The van der Waals surface area contributed by atoms with Crippen LogP contribution >= 0.6 is 0 Å². The van der Waals surface area contributed by atoms with Gasteiger partial charge in [-0.15, -0.1) is 0 Å². The van der Waals surface area contributed by atoms with Crippen LogP contribution in [-0.4, -0.2) is 16.4 Å². The fraction of sp³-hybridized carbons (Fsp3) is 0.611. The topological polar surface area (TPSA) is 72.2 Å². The summed E-state index contributed by atoms with van der Waals surface area (Å²) < 4.78 is 0. The van der Waals surface area contributed by atoms with Gasteiger partial charge in [0.05, 0.1) is 4.92 Å². The summed E-state index contributed by atoms with van der Waals surface area (Å²) in [6, 6.07) is 4.52. The van der Waals surface area contributed by atoms with Gasteiger partial charge in [-0.1, -0.05) is 6.07 Å². The summed E-state index contributed by atoms with van der Waals surface area (Å²) in [6.07, 6.45) is 7.22. The Kier molecular flexibility index (Phi) is 3.22. The highest BCUT2D eigenvalue weighted by Crippen LogP contribution is 2.55. The van der Waals surface area contributed by atoms with Crippen molar-refractivity contribution in [1.29, 1.82) is 0 Å². The molecular weight excluding hydrogens is 292 g/mol. The summed E-state index contributed by atoms with van der Waals surface area (Å²) in [5, 5.41) is 14.3. The lowest BCUT2D eigenvalue weighted by molar-refractivity contribution is -0.384. The molecule has 5 heteroatoms. The van der Waals surface area contributed by atoms with E-state index < -0.39 is 4.92 Å². The van der Waals surface area contributed by atoms with Gasteiger partial charge in [0, 0.05) is 23.2 Å². The van der Waals surface area contributed by atoms with E-state index in [2.05, 4.69) is 5.32 Å². The van der Waals surface area contributed by atoms with E-state index in [0.717, 1.165) is 42.6 Å². The molecule has 0 heterocycles. The second-order valence-corrected chi connectivity index (χ2v) is 7.91. The number of aryl methyl sites for hydroxylation is 1. The van der Waals surface area contributed by atoms with Crippen LogP contribution in [0.1, 0.15) is 54.4 Å². The average Bonchev–Trinajstić information content (AvgIpc) is 2.45. The molecule has 0 atom stereocenters. The number of carbonyl (C=O) groups is 1. The summed E-state index contributed by atoms with van der Waals surface area (Å²) >= 11 is 0. The van der Waals surface area contributed by atoms with Crippen molar-refractivity contribution in [3.63, 3.8) is 0 Å². The highest BCUT2D eigenvalue weighted by Gasteiger charge is 2.51. The van der Waals surface area contributed by atoms with Crippen molar-refractivity contribution in [2.75, 3.05) is 0 Å². The Morgan fingerprint density at radius 3 is 2.26 bits per heavy atom. The Balaban J connectivity index is 1.59. The second kappa shape index (κ2) is 5.05. The largest absolute Gasteiger partial charge is 0.347 e. The average molecular weight is 314 g/mol. The minimum atomic E-state index is -0.444. The number of non-ortho nitro benzene ring substituents is 1. The van der Waals surface area contributed by atoms with E-state index in [1.54, 1.807) is 6.07 Å². The van der Waals surface area contributed by atoms with Gasteiger partial charge in [0.15, 0.2) is 0 Å². The highest BCUT2D eigenvalue weighted by molar-refractivity contribution is 5.96. The molecule has 0 unspecified atom stereocenters. The Hall–Kier alpha value is -1.91. The van der Waals surface area contributed by atoms with Crippen LogP contribution in [0, 0.1) is 34.8 Å². The van der Waals surface area contributed by atoms with Gasteiger partial charge in [-0.3, -0.25) is 14.9 Å². The number of nitrogens with zero attached hydrogens (tertiary/aromatic N) is 1. The zero-order valence-corrected chi connectivity index (χ0v) is 13.4. The Morgan fingerprint density at radius 1 is 1.17 bits per heavy atom. The number of hydrogen-bond acceptors (Lipinski definition) is 3. The zero-order chi connectivity index (χ0) is 16.2. The van der Waals surface area contributed by atoms with Gasteiger partial charge in [0.2, 0.25) is 0 Å². The lowest BCUT2D eigenvalue weighted by Gasteiger charge is -2.56. The summed E-state index contributed by atoms with van der Waals surface area (Å²) in [5.74, 6) is 2.13. The van der Waals surface area contributed by atoms with Crippen LogP contribution in [0.3, 0.4) is 0 Å². The molecule has 1 aromatic rings. The maximum Gasteiger partial charge on any atom is 0.270 e. The first kappa shape index (κ1) is 14.7. The predicted octanol–water partition coefficient (Wildman–Crippen LogP) is 3.60. The minimum absolute atomic E-state index is 0.0220. The van der Waals surface area contributed by atoms with Crippen LogP contribution < -0.4 is 5.32 Å². The number of amides is 1. The SMILES string of the molecule is Cc1ccc([N+](=O)[O-])cc1C(=O)NC12CC3CC(CC(C3)C1)C2. The smallest absolute Gasteiger partial charge is 0.270 e. The normalized spacial score (nSPS) is 34.4. The number of nitrogens with one attached hydrogen (secondary N) is 1. The molecule has 5 nitrogen and oxygen atoms in total. The maximum atomic E-state index is 12.8. The molecule has 122 valence electrons. The number of hydrogen-bond donors (Lipinski definition) is 1. The molecule has 0 radical (unpaired) electrons. The van der Waals surface area contributed by atoms with Gasteiger partial charge in [0.1, 0.15) is 0 Å². The van der Waals surface area contributed by atoms with Crippen LogP contribution in [0.4, 0.5) is 5.69 Å². The van der Waals surface area contributed by atoms with E-state index in [4.69, 9.17) is 0 Å². The molecule has 1 N–H and O–H groups in total. The van der Waals surface area contributed by atoms with Crippen LogP contribution in [0.15, 0.2) is 18.2 Å². The van der Waals surface area contributed by atoms with Gasteiger partial charge in [-0.25, -0.2) is 0 Å². The van der Waals surface area contributed by atoms with Crippen LogP contribution in [0.5, 0.6) is 0 Å². The van der Waals surface area contributed by atoms with Crippen molar-refractivity contribution in [3.05, 3.63) is 39.4 Å². The van der Waals surface area contributed by atoms with Crippen molar-refractivity contribution in [2.45, 2.75) is 51.0 Å². The van der Waals surface area contributed by atoms with Gasteiger partial charge < -0.3 is 5.32 Å². The summed E-state index contributed by atoms with van der Waals surface area (Å²) in [4.78, 5) is 23.3. The maximum absolute atomic E-state index is 12.8. The molecule has 0 aliphatic heterocycles. The lowest BCUT2D eigenvalue weighted by Crippen LogP contribution is -2.59. The van der Waals surface area contributed by atoms with E-state index in [1.807, 2.05) is 6.92 Å². The van der Waals surface area contributed by atoms with E-state index in [0.29, 0.717) is 5.56 Å². The monoisotopic (exact) mass is 314 g/mol. The van der Waals surface area contributed by atoms with Crippen molar-refractivity contribution in [2.24, 2.45) is 17.8 Å². The zero-order valence-electron chi connectivity index (χ0n) is 13.4. The van der Waals surface area contributed by atoms with E-state index in [-0.39, 0.29) is 17.1 Å². The van der Waals surface area contributed by atoms with Gasteiger partial charge in [0.25, 0.3) is 11.6 Å². The van der Waals surface area contributed by atoms with Crippen LogP contribution in [0.25, 0.3) is 0 Å². The number of carbonyl (C=O) groups excluding carboxylic acids is 1. The Morgan fingerprint density at radius 2 is 1.74 bits per heavy atom. The number of nitro groups is 1. The number of benzene rings is 1. The first-order chi connectivity index (χ1) is 10.9. The third kappa shape index (κ3) is 2.52. The summed E-state index contributed by atoms with van der Waals surface area (Å²) in [6.45, 7) is 1.83. The standard InChI is InChI=1S/C18H22N2O3/c1-11-2-3-15(20(22)23)7-16(11)17(21)19-18-8-12-4-13(9-18)6-14(5-12)10-18/h2-3,7,12-14H,4-6,8-10H2,1H3,(H,19,21). The summed E-state index contributed by atoms with van der Waals surface area (Å²) in [7, 11) is 0. The van der Waals surface area contributed by atoms with Gasteiger partial charge in [-0.2, -0.15) is 0 Å². The van der Waals surface area contributed by atoms with Crippen LogP contribution in [-0.2, 0) is 0 Å². The second-order valence-electron chi connectivity index (χ2n) is 7.91. The van der Waals surface area contributed by atoms with E-state index >= 15 is 0 Å². The molecule has 1 aromatic carbocycles. The highest BCUT2D eigenvalue weighted by atomic mass is 16.6. The fourth-order valence-corrected chi connectivity index (χ4v) is 5.54.